The molecule has 6 heteroatoms. The second-order valence-electron chi connectivity index (χ2n) is 4.62. The molecule has 0 radical (unpaired) electrons. The Morgan fingerprint density at radius 1 is 1.14 bits per heavy atom. The van der Waals surface area contributed by atoms with Gasteiger partial charge in [0.2, 0.25) is 0 Å². The lowest BCUT2D eigenvalue weighted by molar-refractivity contribution is 0.0995. The van der Waals surface area contributed by atoms with Crippen molar-refractivity contribution in [3.63, 3.8) is 0 Å². The number of fused-ring (bicyclic) bond motifs is 1. The molecule has 0 spiro atoms. The lowest BCUT2D eigenvalue weighted by Crippen LogP contribution is -1.97. The maximum atomic E-state index is 13.0. The number of benzene rings is 2. The second kappa shape index (κ2) is 5.69. The summed E-state index contributed by atoms with van der Waals surface area (Å²) < 4.78 is 13.0. The van der Waals surface area contributed by atoms with E-state index in [0.717, 1.165) is 10.9 Å². The van der Waals surface area contributed by atoms with Crippen LogP contribution in [0, 0.1) is 5.82 Å². The van der Waals surface area contributed by atoms with Gasteiger partial charge in [0.25, 0.3) is 5.91 Å². The highest BCUT2D eigenvalue weighted by molar-refractivity contribution is 6.07. The zero-order chi connectivity index (χ0) is 15.5. The maximum absolute atomic E-state index is 13.0. The Balaban J connectivity index is 2.17. The first-order valence-electron chi connectivity index (χ1n) is 6.49. The zero-order valence-corrected chi connectivity index (χ0v) is 11.4. The van der Waals surface area contributed by atoms with Crippen LogP contribution in [0.15, 0.2) is 65.1 Å². The number of rotatable bonds is 2. The molecule has 2 N–H and O–H groups in total. The first-order valence-corrected chi connectivity index (χ1v) is 6.49. The number of carbonyl (C=O) groups is 1. The topological polar surface area (TPSA) is 80.7 Å². The minimum absolute atomic E-state index is 0.316. The molecule has 0 aliphatic carbocycles. The molecule has 0 fully saturated rings. The predicted molar refractivity (Wildman–Crippen MR) is 80.5 cm³/mol. The zero-order valence-electron chi connectivity index (χ0n) is 11.4. The lowest BCUT2D eigenvalue weighted by Gasteiger charge is -2.06. The van der Waals surface area contributed by atoms with Crippen molar-refractivity contribution in [2.24, 2.45) is 16.2 Å². The number of hydrogen-bond acceptors (Lipinski definition) is 3. The van der Waals surface area contributed by atoms with Gasteiger partial charge in [-0.15, -0.1) is 0 Å². The van der Waals surface area contributed by atoms with E-state index in [1.165, 1.54) is 12.1 Å². The SMILES string of the molecule is NN=NC(=O)c1cccc2cnc(-c3ccc(F)cc3)cc12. The van der Waals surface area contributed by atoms with Crippen LogP contribution in [-0.2, 0) is 0 Å². The molecule has 0 aliphatic heterocycles. The minimum Gasteiger partial charge on any atom is -0.304 e. The minimum atomic E-state index is -0.524. The Hall–Kier alpha value is -3.15. The molecular weight excluding hydrogens is 283 g/mol. The first kappa shape index (κ1) is 13.8. The molecule has 1 aromatic heterocycles. The van der Waals surface area contributed by atoms with E-state index in [-0.39, 0.29) is 5.82 Å². The summed E-state index contributed by atoms with van der Waals surface area (Å²) in [5.41, 5.74) is 1.78. The average molecular weight is 294 g/mol. The van der Waals surface area contributed by atoms with E-state index >= 15 is 0 Å². The third-order valence-electron chi connectivity index (χ3n) is 3.28. The number of nitrogens with two attached hydrogens (primary N) is 1. The van der Waals surface area contributed by atoms with Gasteiger partial charge in [0.1, 0.15) is 5.82 Å². The summed E-state index contributed by atoms with van der Waals surface area (Å²) in [4.78, 5) is 16.3. The molecule has 0 saturated heterocycles. The molecule has 0 atom stereocenters. The number of hydrogen-bond donors (Lipinski definition) is 1. The van der Waals surface area contributed by atoms with Crippen molar-refractivity contribution >= 4 is 16.7 Å². The quantitative estimate of drug-likeness (QED) is 0.446. The fraction of sp³-hybridized carbons (Fsp3) is 0. The summed E-state index contributed by atoms with van der Waals surface area (Å²) in [7, 11) is 0. The van der Waals surface area contributed by atoms with Crippen LogP contribution in [0.3, 0.4) is 0 Å². The van der Waals surface area contributed by atoms with Gasteiger partial charge in [-0.25, -0.2) is 4.39 Å². The van der Waals surface area contributed by atoms with Gasteiger partial charge in [-0.3, -0.25) is 9.78 Å². The third-order valence-corrected chi connectivity index (χ3v) is 3.28. The standard InChI is InChI=1S/C16H11FN4O/c17-12-6-4-10(5-7-12)15-8-14-11(9-19-15)2-1-3-13(14)16(22)20-21-18/h1-9H,(H2,18,20,22). The molecule has 1 amide bonds. The van der Waals surface area contributed by atoms with Crippen LogP contribution in [0.25, 0.3) is 22.0 Å². The van der Waals surface area contributed by atoms with Crippen molar-refractivity contribution in [2.45, 2.75) is 0 Å². The van der Waals surface area contributed by atoms with Gasteiger partial charge in [-0.05, 0) is 41.8 Å². The van der Waals surface area contributed by atoms with Crippen molar-refractivity contribution in [1.29, 1.82) is 0 Å². The highest BCUT2D eigenvalue weighted by Gasteiger charge is 2.11. The third kappa shape index (κ3) is 2.54. The highest BCUT2D eigenvalue weighted by Crippen LogP contribution is 2.25. The molecule has 0 aliphatic rings. The molecule has 22 heavy (non-hydrogen) atoms. The number of amides is 1. The Morgan fingerprint density at radius 2 is 1.91 bits per heavy atom. The molecule has 3 aromatic rings. The summed E-state index contributed by atoms with van der Waals surface area (Å²) in [6.45, 7) is 0. The van der Waals surface area contributed by atoms with Gasteiger partial charge in [-0.1, -0.05) is 22.5 Å². The largest absolute Gasteiger partial charge is 0.304 e. The van der Waals surface area contributed by atoms with Crippen molar-refractivity contribution in [3.8, 4) is 11.3 Å². The van der Waals surface area contributed by atoms with Crippen molar-refractivity contribution in [1.82, 2.24) is 4.98 Å². The van der Waals surface area contributed by atoms with Crippen LogP contribution in [-0.4, -0.2) is 10.9 Å². The number of aromatic nitrogens is 1. The summed E-state index contributed by atoms with van der Waals surface area (Å²) in [5, 5.41) is 7.86. The fourth-order valence-corrected chi connectivity index (χ4v) is 2.24. The Kier molecular flexibility index (Phi) is 3.57. The van der Waals surface area contributed by atoms with Crippen molar-refractivity contribution in [2.75, 3.05) is 0 Å². The van der Waals surface area contributed by atoms with E-state index in [2.05, 4.69) is 15.3 Å². The van der Waals surface area contributed by atoms with Crippen LogP contribution in [0.4, 0.5) is 4.39 Å². The van der Waals surface area contributed by atoms with Gasteiger partial charge in [-0.2, -0.15) is 0 Å². The number of halogens is 1. The Bertz CT molecular complexity index is 875. The summed E-state index contributed by atoms with van der Waals surface area (Å²) >= 11 is 0. The van der Waals surface area contributed by atoms with Crippen molar-refractivity contribution < 1.29 is 9.18 Å². The van der Waals surface area contributed by atoms with Crippen LogP contribution < -0.4 is 5.84 Å². The molecule has 0 bridgehead atoms. The van der Waals surface area contributed by atoms with Crippen molar-refractivity contribution in [3.05, 3.63) is 66.1 Å². The molecule has 1 heterocycles. The smallest absolute Gasteiger partial charge is 0.297 e. The number of carbonyl (C=O) groups excluding carboxylic acids is 1. The summed E-state index contributed by atoms with van der Waals surface area (Å²) in [6.07, 6.45) is 1.66. The maximum Gasteiger partial charge on any atom is 0.297 e. The summed E-state index contributed by atoms with van der Waals surface area (Å²) in [5.74, 6) is 4.10. The highest BCUT2D eigenvalue weighted by atomic mass is 19.1. The van der Waals surface area contributed by atoms with Crippen LogP contribution in [0.5, 0.6) is 0 Å². The monoisotopic (exact) mass is 294 g/mol. The number of nitrogens with zero attached hydrogens (tertiary/aromatic N) is 3. The van der Waals surface area contributed by atoms with Gasteiger partial charge in [0.15, 0.2) is 0 Å². The lowest BCUT2D eigenvalue weighted by atomic mass is 10.0. The molecule has 108 valence electrons. The Labute approximate surface area is 125 Å². The van der Waals surface area contributed by atoms with Gasteiger partial charge in [0, 0.05) is 17.1 Å². The van der Waals surface area contributed by atoms with E-state index in [4.69, 9.17) is 5.84 Å². The molecule has 0 unspecified atom stereocenters. The van der Waals surface area contributed by atoms with E-state index in [1.807, 2.05) is 6.07 Å². The van der Waals surface area contributed by atoms with E-state index in [0.29, 0.717) is 16.6 Å². The van der Waals surface area contributed by atoms with E-state index in [1.54, 1.807) is 36.5 Å². The summed E-state index contributed by atoms with van der Waals surface area (Å²) in [6, 6.07) is 13.0. The van der Waals surface area contributed by atoms with Crippen LogP contribution in [0.2, 0.25) is 0 Å². The normalized spacial score (nSPS) is 11.1. The molecule has 0 saturated carbocycles. The number of pyridine rings is 1. The molecule has 2 aromatic carbocycles. The molecular formula is C16H11FN4O. The van der Waals surface area contributed by atoms with Crippen LogP contribution in [0.1, 0.15) is 10.4 Å². The average Bonchev–Trinajstić information content (AvgIpc) is 2.54. The van der Waals surface area contributed by atoms with E-state index < -0.39 is 5.91 Å². The Morgan fingerprint density at radius 3 is 2.64 bits per heavy atom. The molecule has 5 nitrogen and oxygen atoms in total. The van der Waals surface area contributed by atoms with Gasteiger partial charge >= 0.3 is 0 Å². The second-order valence-corrected chi connectivity index (χ2v) is 4.62. The predicted octanol–water partition coefficient (Wildman–Crippen LogP) is 3.51. The van der Waals surface area contributed by atoms with Gasteiger partial charge < -0.3 is 5.84 Å². The molecule has 3 rings (SSSR count). The van der Waals surface area contributed by atoms with E-state index in [9.17, 15) is 9.18 Å². The van der Waals surface area contributed by atoms with Crippen LogP contribution >= 0.6 is 0 Å². The fourth-order valence-electron chi connectivity index (χ4n) is 2.24. The van der Waals surface area contributed by atoms with Gasteiger partial charge in [0.05, 0.1) is 11.3 Å². The first-order chi connectivity index (χ1) is 10.7.